The first-order valence-electron chi connectivity index (χ1n) is 5.45. The molecule has 0 bridgehead atoms. The average Bonchev–Trinajstić information content (AvgIpc) is 2.38. The number of benzene rings is 1. The molecule has 19 heavy (non-hydrogen) atoms. The monoisotopic (exact) mass is 256 g/mol. The van der Waals surface area contributed by atoms with Gasteiger partial charge in [0, 0.05) is 12.1 Å². The third kappa shape index (κ3) is 2.93. The Morgan fingerprint density at radius 3 is 2.79 bits per heavy atom. The van der Waals surface area contributed by atoms with Crippen molar-refractivity contribution in [2.24, 2.45) is 0 Å². The number of hydrogen-bond donors (Lipinski definition) is 0. The molecule has 1 heterocycles. The Kier molecular flexibility index (Phi) is 3.53. The van der Waals surface area contributed by atoms with E-state index in [9.17, 15) is 9.18 Å². The summed E-state index contributed by atoms with van der Waals surface area (Å²) in [7, 11) is 0. The van der Waals surface area contributed by atoms with Crippen molar-refractivity contribution in [3.05, 3.63) is 53.5 Å². The highest BCUT2D eigenvalue weighted by Crippen LogP contribution is 2.22. The highest BCUT2D eigenvalue weighted by atomic mass is 19.1. The van der Waals surface area contributed by atoms with Crippen LogP contribution >= 0.6 is 0 Å². The molecule has 4 nitrogen and oxygen atoms in total. The van der Waals surface area contributed by atoms with Crippen LogP contribution in [0, 0.1) is 17.1 Å². The van der Waals surface area contributed by atoms with Crippen LogP contribution in [0.25, 0.3) is 0 Å². The third-order valence-electron chi connectivity index (χ3n) is 2.38. The van der Waals surface area contributed by atoms with Gasteiger partial charge in [-0.05, 0) is 25.1 Å². The number of ketones is 1. The van der Waals surface area contributed by atoms with Gasteiger partial charge in [-0.25, -0.2) is 9.37 Å². The number of carbonyl (C=O) groups is 1. The number of aromatic nitrogens is 1. The maximum Gasteiger partial charge on any atom is 0.220 e. The zero-order valence-corrected chi connectivity index (χ0v) is 10.1. The van der Waals surface area contributed by atoms with E-state index in [0.29, 0.717) is 0 Å². The van der Waals surface area contributed by atoms with Gasteiger partial charge in [0.05, 0.1) is 5.56 Å². The fraction of sp³-hybridized carbons (Fsp3) is 0.0714. The molecular formula is C14H9FN2O2. The highest BCUT2D eigenvalue weighted by Gasteiger charge is 2.09. The molecule has 0 unspecified atom stereocenters. The molecule has 0 radical (unpaired) electrons. The Hall–Kier alpha value is -2.74. The standard InChI is InChI=1S/C14H9FN2O2/c1-9(18)12-6-5-11(7-13(12)15)19-14-4-2-3-10(8-16)17-14/h2-7H,1H3. The Morgan fingerprint density at radius 1 is 1.37 bits per heavy atom. The maximum absolute atomic E-state index is 13.6. The number of Topliss-reactive ketones (excluding diaryl/α,β-unsaturated/α-hetero) is 1. The highest BCUT2D eigenvalue weighted by molar-refractivity contribution is 5.94. The fourth-order valence-electron chi connectivity index (χ4n) is 1.50. The minimum absolute atomic E-state index is 0.00563. The normalized spacial score (nSPS) is 9.74. The van der Waals surface area contributed by atoms with Crippen LogP contribution in [0.2, 0.25) is 0 Å². The number of ether oxygens (including phenoxy) is 1. The molecule has 0 aliphatic carbocycles. The minimum Gasteiger partial charge on any atom is -0.439 e. The summed E-state index contributed by atoms with van der Waals surface area (Å²) < 4.78 is 18.9. The van der Waals surface area contributed by atoms with Crippen LogP contribution in [-0.2, 0) is 0 Å². The van der Waals surface area contributed by atoms with E-state index in [1.807, 2.05) is 6.07 Å². The van der Waals surface area contributed by atoms with Crippen LogP contribution in [0.1, 0.15) is 23.0 Å². The van der Waals surface area contributed by atoms with Gasteiger partial charge in [-0.2, -0.15) is 5.26 Å². The molecule has 0 aliphatic rings. The van der Waals surface area contributed by atoms with Crippen molar-refractivity contribution in [3.63, 3.8) is 0 Å². The number of rotatable bonds is 3. The summed E-state index contributed by atoms with van der Waals surface area (Å²) in [5.74, 6) is -0.603. The third-order valence-corrected chi connectivity index (χ3v) is 2.38. The summed E-state index contributed by atoms with van der Waals surface area (Å²) in [6.45, 7) is 1.29. The molecule has 94 valence electrons. The summed E-state index contributed by atoms with van der Waals surface area (Å²) in [6.07, 6.45) is 0. The molecule has 0 atom stereocenters. The van der Waals surface area contributed by atoms with Gasteiger partial charge in [-0.15, -0.1) is 0 Å². The van der Waals surface area contributed by atoms with Gasteiger partial charge in [-0.3, -0.25) is 4.79 Å². The van der Waals surface area contributed by atoms with Crippen molar-refractivity contribution in [2.75, 3.05) is 0 Å². The lowest BCUT2D eigenvalue weighted by Gasteiger charge is -2.06. The van der Waals surface area contributed by atoms with Crippen LogP contribution in [0.5, 0.6) is 11.6 Å². The zero-order chi connectivity index (χ0) is 13.8. The topological polar surface area (TPSA) is 63.0 Å². The molecular weight excluding hydrogens is 247 g/mol. The Morgan fingerprint density at radius 2 is 2.16 bits per heavy atom. The second-order valence-corrected chi connectivity index (χ2v) is 3.77. The predicted molar refractivity (Wildman–Crippen MR) is 65.4 cm³/mol. The number of nitrogens with zero attached hydrogens (tertiary/aromatic N) is 2. The molecule has 2 rings (SSSR count). The second-order valence-electron chi connectivity index (χ2n) is 3.77. The van der Waals surface area contributed by atoms with Crippen molar-refractivity contribution in [2.45, 2.75) is 6.92 Å². The lowest BCUT2D eigenvalue weighted by molar-refractivity contribution is 0.101. The van der Waals surface area contributed by atoms with Crippen molar-refractivity contribution < 1.29 is 13.9 Å². The second kappa shape index (κ2) is 5.27. The van der Waals surface area contributed by atoms with Crippen LogP contribution < -0.4 is 4.74 Å². The van der Waals surface area contributed by atoms with Crippen molar-refractivity contribution in [3.8, 4) is 17.7 Å². The minimum atomic E-state index is -0.651. The summed E-state index contributed by atoms with van der Waals surface area (Å²) in [5, 5.41) is 8.70. The molecule has 0 N–H and O–H groups in total. The van der Waals surface area contributed by atoms with E-state index < -0.39 is 5.82 Å². The first-order chi connectivity index (χ1) is 9.10. The zero-order valence-electron chi connectivity index (χ0n) is 10.1. The van der Waals surface area contributed by atoms with E-state index >= 15 is 0 Å². The molecule has 1 aromatic carbocycles. The summed E-state index contributed by atoms with van der Waals surface area (Å²) >= 11 is 0. The van der Waals surface area contributed by atoms with E-state index in [0.717, 1.165) is 6.07 Å². The first kappa shape index (κ1) is 12.7. The lowest BCUT2D eigenvalue weighted by atomic mass is 10.1. The fourth-order valence-corrected chi connectivity index (χ4v) is 1.50. The van der Waals surface area contributed by atoms with Gasteiger partial charge in [-0.1, -0.05) is 6.07 Å². The molecule has 2 aromatic rings. The van der Waals surface area contributed by atoms with E-state index in [2.05, 4.69) is 4.98 Å². The molecule has 0 saturated carbocycles. The molecule has 0 aliphatic heterocycles. The van der Waals surface area contributed by atoms with Crippen molar-refractivity contribution in [1.29, 1.82) is 5.26 Å². The summed E-state index contributed by atoms with van der Waals surface area (Å²) in [4.78, 5) is 15.0. The van der Waals surface area contributed by atoms with Crippen LogP contribution in [-0.4, -0.2) is 10.8 Å². The van der Waals surface area contributed by atoms with E-state index in [-0.39, 0.29) is 28.7 Å². The predicted octanol–water partition coefficient (Wildman–Crippen LogP) is 3.09. The van der Waals surface area contributed by atoms with E-state index in [1.54, 1.807) is 12.1 Å². The maximum atomic E-state index is 13.6. The van der Waals surface area contributed by atoms with Gasteiger partial charge < -0.3 is 4.74 Å². The molecule has 0 fully saturated rings. The van der Waals surface area contributed by atoms with Crippen LogP contribution in [0.15, 0.2) is 36.4 Å². The number of carbonyl (C=O) groups excluding carboxylic acids is 1. The molecule has 0 amide bonds. The largest absolute Gasteiger partial charge is 0.439 e. The molecule has 5 heteroatoms. The average molecular weight is 256 g/mol. The molecule has 0 spiro atoms. The first-order valence-corrected chi connectivity index (χ1v) is 5.45. The Bertz CT molecular complexity index is 677. The number of halogens is 1. The number of pyridine rings is 1. The lowest BCUT2D eigenvalue weighted by Crippen LogP contribution is -1.97. The Balaban J connectivity index is 2.26. The van der Waals surface area contributed by atoms with Gasteiger partial charge in [0.1, 0.15) is 23.3 Å². The van der Waals surface area contributed by atoms with Gasteiger partial charge in [0.2, 0.25) is 5.88 Å². The molecule has 0 saturated heterocycles. The van der Waals surface area contributed by atoms with Crippen molar-refractivity contribution in [1.82, 2.24) is 4.98 Å². The SMILES string of the molecule is CC(=O)c1ccc(Oc2cccc(C#N)n2)cc1F. The van der Waals surface area contributed by atoms with Gasteiger partial charge in [0.15, 0.2) is 5.78 Å². The number of hydrogen-bond acceptors (Lipinski definition) is 4. The van der Waals surface area contributed by atoms with Gasteiger partial charge in [0.25, 0.3) is 0 Å². The summed E-state index contributed by atoms with van der Waals surface area (Å²) in [5.41, 5.74) is 0.212. The summed E-state index contributed by atoms with van der Waals surface area (Å²) in [6, 6.07) is 10.5. The number of nitriles is 1. The Labute approximate surface area is 109 Å². The molecule has 1 aromatic heterocycles. The van der Waals surface area contributed by atoms with E-state index in [4.69, 9.17) is 10.00 Å². The van der Waals surface area contributed by atoms with Crippen LogP contribution in [0.4, 0.5) is 4.39 Å². The smallest absolute Gasteiger partial charge is 0.220 e. The van der Waals surface area contributed by atoms with Crippen LogP contribution in [0.3, 0.4) is 0 Å². The van der Waals surface area contributed by atoms with Gasteiger partial charge >= 0.3 is 0 Å². The van der Waals surface area contributed by atoms with E-state index in [1.165, 1.54) is 25.1 Å². The quantitative estimate of drug-likeness (QED) is 0.791. The van der Waals surface area contributed by atoms with Crippen molar-refractivity contribution >= 4 is 5.78 Å².